The van der Waals surface area contributed by atoms with Crippen LogP contribution in [0.25, 0.3) is 0 Å². The van der Waals surface area contributed by atoms with Crippen LogP contribution in [0.5, 0.6) is 0 Å². The second-order valence-electron chi connectivity index (χ2n) is 7.15. The number of rotatable bonds is 6. The van der Waals surface area contributed by atoms with E-state index < -0.39 is 7.26 Å². The Kier molecular flexibility index (Phi) is 7.21. The Morgan fingerprint density at radius 2 is 0.867 bits per heavy atom. The van der Waals surface area contributed by atoms with Gasteiger partial charge in [0.2, 0.25) is 0 Å². The molecule has 4 aromatic carbocycles. The Balaban J connectivity index is 0.00000256. The third-order valence-electron chi connectivity index (χ3n) is 5.38. The summed E-state index contributed by atoms with van der Waals surface area (Å²) in [6.07, 6.45) is 0. The van der Waals surface area contributed by atoms with Gasteiger partial charge in [-0.3, -0.25) is 4.79 Å². The zero-order valence-electron chi connectivity index (χ0n) is 16.9. The molecule has 0 aliphatic carbocycles. The summed E-state index contributed by atoms with van der Waals surface area (Å²) in [4.78, 5) is 13.3. The topological polar surface area (TPSA) is 17.1 Å². The maximum absolute atomic E-state index is 13.3. The highest BCUT2D eigenvalue weighted by atomic mass is 35.5. The Hall–Kier alpha value is -2.73. The molecule has 0 N–H and O–H groups in total. The lowest BCUT2D eigenvalue weighted by Gasteiger charge is -2.33. The van der Waals surface area contributed by atoms with Crippen molar-refractivity contribution < 1.29 is 17.2 Å². The first-order valence-corrected chi connectivity index (χ1v) is 11.7. The Labute approximate surface area is 185 Å². The van der Waals surface area contributed by atoms with Crippen molar-refractivity contribution in [1.29, 1.82) is 0 Å². The van der Waals surface area contributed by atoms with Gasteiger partial charge in [0, 0.05) is 5.56 Å². The van der Waals surface area contributed by atoms with Gasteiger partial charge in [0.1, 0.15) is 23.2 Å². The van der Waals surface area contributed by atoms with Crippen molar-refractivity contribution in [1.82, 2.24) is 0 Å². The molecule has 0 amide bonds. The maximum atomic E-state index is 13.3. The van der Waals surface area contributed by atoms with E-state index in [-0.39, 0.29) is 23.8 Å². The van der Waals surface area contributed by atoms with Crippen molar-refractivity contribution in [3.8, 4) is 0 Å². The van der Waals surface area contributed by atoms with E-state index in [1.807, 2.05) is 36.4 Å². The number of hydrogen-bond acceptors (Lipinski definition) is 1. The van der Waals surface area contributed by atoms with Crippen LogP contribution < -0.4 is 28.3 Å². The minimum atomic E-state index is -2.29. The van der Waals surface area contributed by atoms with E-state index in [4.69, 9.17) is 0 Å². The van der Waals surface area contributed by atoms with Crippen LogP contribution in [0.15, 0.2) is 121 Å². The molecule has 4 aromatic rings. The number of Topliss-reactive ketones (excluding diaryl/α,β-unsaturated/α-hetero) is 1. The smallest absolute Gasteiger partial charge is 0.175 e. The van der Waals surface area contributed by atoms with Crippen molar-refractivity contribution in [2.45, 2.75) is 12.6 Å². The molecule has 0 bridgehead atoms. The Bertz CT molecular complexity index is 970. The fraction of sp³-hybridized carbons (Fsp3) is 0.0741. The van der Waals surface area contributed by atoms with Gasteiger partial charge in [-0.25, -0.2) is 0 Å². The lowest BCUT2D eigenvalue weighted by Crippen LogP contribution is -3.00. The molecule has 0 spiro atoms. The Morgan fingerprint density at radius 3 is 1.17 bits per heavy atom. The van der Waals surface area contributed by atoms with E-state index in [2.05, 4.69) is 84.9 Å². The molecule has 0 heterocycles. The fourth-order valence-electron chi connectivity index (χ4n) is 4.25. The second kappa shape index (κ2) is 9.85. The molecule has 3 heteroatoms. The first kappa shape index (κ1) is 22.0. The van der Waals surface area contributed by atoms with Gasteiger partial charge < -0.3 is 12.4 Å². The van der Waals surface area contributed by atoms with Crippen LogP contribution in [-0.4, -0.2) is 5.78 Å². The molecule has 1 nitrogen and oxygen atoms in total. The standard InChI is InChI=1S/C27H24OP.ClH/c1-22(28)27(23-14-6-2-7-15-23)29(24-16-8-3-9-17-24,25-18-10-4-11-19-25)26-20-12-5-13-21-26;/h2-21,27H,1H3;1H/q+1;/p-1. The molecule has 0 aliphatic heterocycles. The zero-order valence-corrected chi connectivity index (χ0v) is 18.5. The summed E-state index contributed by atoms with van der Waals surface area (Å²) < 4.78 is 0. The van der Waals surface area contributed by atoms with Crippen LogP contribution in [0.1, 0.15) is 18.1 Å². The summed E-state index contributed by atoms with van der Waals surface area (Å²) in [6, 6.07) is 42.0. The summed E-state index contributed by atoms with van der Waals surface area (Å²) >= 11 is 0. The van der Waals surface area contributed by atoms with Gasteiger partial charge in [-0.1, -0.05) is 84.9 Å². The molecular formula is C27H24ClOP. The average molecular weight is 431 g/mol. The summed E-state index contributed by atoms with van der Waals surface area (Å²) in [5.41, 5.74) is 0.834. The lowest BCUT2D eigenvalue weighted by molar-refractivity contribution is -0.116. The molecule has 0 saturated heterocycles. The highest BCUT2D eigenvalue weighted by Crippen LogP contribution is 2.66. The molecule has 0 aromatic heterocycles. The van der Waals surface area contributed by atoms with Gasteiger partial charge in [0.05, 0.1) is 0 Å². The number of benzene rings is 4. The predicted molar refractivity (Wildman–Crippen MR) is 125 cm³/mol. The van der Waals surface area contributed by atoms with Gasteiger partial charge in [-0.2, -0.15) is 0 Å². The van der Waals surface area contributed by atoms with Gasteiger partial charge in [-0.15, -0.1) is 0 Å². The number of carbonyl (C=O) groups is 1. The summed E-state index contributed by atoms with van der Waals surface area (Å²) in [6.45, 7) is 1.74. The molecule has 1 atom stereocenters. The maximum Gasteiger partial charge on any atom is 0.175 e. The molecular weight excluding hydrogens is 407 g/mol. The number of hydrogen-bond donors (Lipinski definition) is 0. The van der Waals surface area contributed by atoms with Crippen LogP contribution in [0.3, 0.4) is 0 Å². The minimum absolute atomic E-state index is 0. The molecule has 0 saturated carbocycles. The van der Waals surface area contributed by atoms with Crippen LogP contribution in [-0.2, 0) is 4.79 Å². The molecule has 150 valence electrons. The van der Waals surface area contributed by atoms with Crippen LogP contribution >= 0.6 is 7.26 Å². The fourth-order valence-corrected chi connectivity index (χ4v) is 9.13. The highest BCUT2D eigenvalue weighted by molar-refractivity contribution is 7.96. The third kappa shape index (κ3) is 3.97. The van der Waals surface area contributed by atoms with E-state index in [1.54, 1.807) is 6.92 Å². The number of halogens is 1. The quantitative estimate of drug-likeness (QED) is 0.429. The van der Waals surface area contributed by atoms with Crippen molar-refractivity contribution in [3.63, 3.8) is 0 Å². The molecule has 30 heavy (non-hydrogen) atoms. The van der Waals surface area contributed by atoms with Crippen molar-refractivity contribution in [2.24, 2.45) is 0 Å². The highest BCUT2D eigenvalue weighted by Gasteiger charge is 2.55. The SMILES string of the molecule is CC(=O)C(c1ccccc1)[P+](c1ccccc1)(c1ccccc1)c1ccccc1.[Cl-]. The Morgan fingerprint density at radius 1 is 0.567 bits per heavy atom. The second-order valence-corrected chi connectivity index (χ2v) is 10.7. The predicted octanol–water partition coefficient (Wildman–Crippen LogP) is 2.31. The summed E-state index contributed by atoms with van der Waals surface area (Å²) in [7, 11) is -2.29. The first-order valence-electron chi connectivity index (χ1n) is 9.85. The van der Waals surface area contributed by atoms with Gasteiger partial charge in [0.15, 0.2) is 11.4 Å². The molecule has 1 unspecified atom stereocenters. The normalized spacial score (nSPS) is 11.9. The summed E-state index contributed by atoms with van der Waals surface area (Å²) in [5.74, 6) is 0.195. The van der Waals surface area contributed by atoms with E-state index in [0.29, 0.717) is 0 Å². The van der Waals surface area contributed by atoms with Gasteiger partial charge >= 0.3 is 0 Å². The summed E-state index contributed by atoms with van der Waals surface area (Å²) in [5, 5.41) is 3.67. The van der Waals surface area contributed by atoms with Gasteiger partial charge in [-0.05, 0) is 43.3 Å². The van der Waals surface area contributed by atoms with Crippen LogP contribution in [0.2, 0.25) is 0 Å². The van der Waals surface area contributed by atoms with Crippen LogP contribution in [0.4, 0.5) is 0 Å². The van der Waals surface area contributed by atoms with E-state index in [1.165, 1.54) is 15.9 Å². The largest absolute Gasteiger partial charge is 1.00 e. The monoisotopic (exact) mass is 430 g/mol. The van der Waals surface area contributed by atoms with Crippen molar-refractivity contribution in [3.05, 3.63) is 127 Å². The molecule has 0 fully saturated rings. The molecule has 0 radical (unpaired) electrons. The molecule has 0 aliphatic rings. The van der Waals surface area contributed by atoms with Crippen LogP contribution in [0, 0.1) is 0 Å². The van der Waals surface area contributed by atoms with Gasteiger partial charge in [0.25, 0.3) is 0 Å². The minimum Gasteiger partial charge on any atom is -1.00 e. The molecule has 4 rings (SSSR count). The average Bonchev–Trinajstić information content (AvgIpc) is 2.79. The lowest BCUT2D eigenvalue weighted by atomic mass is 10.1. The van der Waals surface area contributed by atoms with Crippen molar-refractivity contribution >= 4 is 29.0 Å². The van der Waals surface area contributed by atoms with E-state index in [9.17, 15) is 4.79 Å². The first-order chi connectivity index (χ1) is 14.2. The zero-order chi connectivity index (χ0) is 20.1. The number of carbonyl (C=O) groups excluding carboxylic acids is 1. The number of ketones is 1. The van der Waals surface area contributed by atoms with Crippen molar-refractivity contribution in [2.75, 3.05) is 0 Å². The third-order valence-corrected chi connectivity index (χ3v) is 10.2. The van der Waals surface area contributed by atoms with E-state index >= 15 is 0 Å². The van der Waals surface area contributed by atoms with E-state index in [0.717, 1.165) is 5.56 Å².